The zero-order chi connectivity index (χ0) is 18.9. The fourth-order valence-electron chi connectivity index (χ4n) is 2.66. The van der Waals surface area contributed by atoms with Crippen molar-refractivity contribution in [2.45, 2.75) is 22.6 Å². The summed E-state index contributed by atoms with van der Waals surface area (Å²) in [6, 6.07) is 8.29. The van der Waals surface area contributed by atoms with Crippen LogP contribution in [0.15, 0.2) is 52.3 Å². The van der Waals surface area contributed by atoms with Crippen molar-refractivity contribution < 1.29 is 21.2 Å². The van der Waals surface area contributed by atoms with Crippen LogP contribution < -0.4 is 4.72 Å². The average molecular weight is 419 g/mol. The lowest BCUT2D eigenvalue weighted by atomic mass is 10.3. The van der Waals surface area contributed by atoms with E-state index in [2.05, 4.69) is 4.72 Å². The summed E-state index contributed by atoms with van der Waals surface area (Å²) in [5.41, 5.74) is -0.0869. The number of anilines is 1. The number of halogens is 2. The van der Waals surface area contributed by atoms with Gasteiger partial charge in [-0.15, -0.1) is 0 Å². The molecular formula is C16H16ClFN2O4S2. The highest BCUT2D eigenvalue weighted by Gasteiger charge is 2.28. The highest BCUT2D eigenvalue weighted by molar-refractivity contribution is 7.92. The molecule has 0 aliphatic carbocycles. The Bertz CT molecular complexity index is 1040. The van der Waals surface area contributed by atoms with E-state index in [1.54, 1.807) is 0 Å². The fourth-order valence-corrected chi connectivity index (χ4v) is 5.52. The molecule has 0 amide bonds. The van der Waals surface area contributed by atoms with E-state index in [1.165, 1.54) is 34.6 Å². The third-order valence-electron chi connectivity index (χ3n) is 3.99. The Kier molecular flexibility index (Phi) is 5.25. The van der Waals surface area contributed by atoms with Crippen LogP contribution in [0.5, 0.6) is 0 Å². The summed E-state index contributed by atoms with van der Waals surface area (Å²) in [5.74, 6) is -0.704. The van der Waals surface area contributed by atoms with Gasteiger partial charge in [0.25, 0.3) is 10.0 Å². The number of sulfonamides is 2. The van der Waals surface area contributed by atoms with E-state index in [0.29, 0.717) is 13.1 Å². The van der Waals surface area contributed by atoms with Gasteiger partial charge in [-0.25, -0.2) is 21.2 Å². The lowest BCUT2D eigenvalue weighted by Crippen LogP contribution is -2.28. The molecule has 0 atom stereocenters. The molecule has 3 rings (SSSR count). The monoisotopic (exact) mass is 418 g/mol. The number of benzene rings is 2. The molecule has 2 aromatic carbocycles. The topological polar surface area (TPSA) is 83.5 Å². The molecule has 140 valence electrons. The van der Waals surface area contributed by atoms with Gasteiger partial charge in [0.1, 0.15) is 5.82 Å². The number of hydrogen-bond donors (Lipinski definition) is 1. The average Bonchev–Trinajstić information content (AvgIpc) is 3.12. The third-order valence-corrected chi connectivity index (χ3v) is 7.58. The second-order valence-electron chi connectivity index (χ2n) is 5.82. The fraction of sp³-hybridized carbons (Fsp3) is 0.250. The van der Waals surface area contributed by atoms with Crippen molar-refractivity contribution >= 4 is 37.3 Å². The SMILES string of the molecule is O=S(=O)(Nc1cc(S(=O)(=O)N2CCCC2)ccc1Cl)c1cccc(F)c1. The summed E-state index contributed by atoms with van der Waals surface area (Å²) >= 11 is 6.02. The maximum Gasteiger partial charge on any atom is 0.262 e. The Hall–Kier alpha value is -1.68. The van der Waals surface area contributed by atoms with Crippen molar-refractivity contribution in [3.63, 3.8) is 0 Å². The Labute approximate surface area is 156 Å². The predicted molar refractivity (Wildman–Crippen MR) is 96.7 cm³/mol. The summed E-state index contributed by atoms with van der Waals surface area (Å²) in [6.45, 7) is 0.852. The Morgan fingerprint density at radius 2 is 1.65 bits per heavy atom. The minimum Gasteiger partial charge on any atom is -0.278 e. The molecular weight excluding hydrogens is 403 g/mol. The summed E-state index contributed by atoms with van der Waals surface area (Å²) in [7, 11) is -7.85. The molecule has 1 heterocycles. The van der Waals surface area contributed by atoms with Crippen LogP contribution in [0, 0.1) is 5.82 Å². The normalized spacial score (nSPS) is 15.9. The molecule has 1 aliphatic rings. The molecule has 0 aromatic heterocycles. The zero-order valence-corrected chi connectivity index (χ0v) is 15.9. The highest BCUT2D eigenvalue weighted by atomic mass is 35.5. The first-order chi connectivity index (χ1) is 12.2. The summed E-state index contributed by atoms with van der Waals surface area (Å²) < 4.78 is 67.0. The first-order valence-electron chi connectivity index (χ1n) is 7.78. The lowest BCUT2D eigenvalue weighted by Gasteiger charge is -2.17. The van der Waals surface area contributed by atoms with E-state index in [4.69, 9.17) is 11.6 Å². The maximum absolute atomic E-state index is 13.3. The van der Waals surface area contributed by atoms with Crippen LogP contribution >= 0.6 is 11.6 Å². The minimum atomic E-state index is -4.12. The summed E-state index contributed by atoms with van der Waals surface area (Å²) in [5, 5.41) is 0.0327. The van der Waals surface area contributed by atoms with Crippen molar-refractivity contribution in [2.75, 3.05) is 17.8 Å². The number of nitrogens with one attached hydrogen (secondary N) is 1. The molecule has 6 nitrogen and oxygen atoms in total. The smallest absolute Gasteiger partial charge is 0.262 e. The molecule has 0 saturated carbocycles. The molecule has 1 fully saturated rings. The molecule has 0 unspecified atom stereocenters. The molecule has 1 N–H and O–H groups in total. The molecule has 0 bridgehead atoms. The molecule has 26 heavy (non-hydrogen) atoms. The van der Waals surface area contributed by atoms with Crippen molar-refractivity contribution in [3.05, 3.63) is 53.3 Å². The minimum absolute atomic E-state index is 0.0327. The Balaban J connectivity index is 1.96. The van der Waals surface area contributed by atoms with Gasteiger partial charge in [0.15, 0.2) is 0 Å². The van der Waals surface area contributed by atoms with E-state index in [-0.39, 0.29) is 20.5 Å². The van der Waals surface area contributed by atoms with Gasteiger partial charge in [0.2, 0.25) is 10.0 Å². The maximum atomic E-state index is 13.3. The largest absolute Gasteiger partial charge is 0.278 e. The van der Waals surface area contributed by atoms with Crippen LogP contribution in [-0.2, 0) is 20.0 Å². The lowest BCUT2D eigenvalue weighted by molar-refractivity contribution is 0.477. The van der Waals surface area contributed by atoms with Gasteiger partial charge in [-0.1, -0.05) is 17.7 Å². The molecule has 0 spiro atoms. The number of rotatable bonds is 5. The Morgan fingerprint density at radius 3 is 2.31 bits per heavy atom. The van der Waals surface area contributed by atoms with Crippen LogP contribution in [0.2, 0.25) is 5.02 Å². The Morgan fingerprint density at radius 1 is 0.962 bits per heavy atom. The van der Waals surface area contributed by atoms with E-state index in [0.717, 1.165) is 25.0 Å². The second kappa shape index (κ2) is 7.15. The second-order valence-corrected chi connectivity index (χ2v) is 9.84. The quantitative estimate of drug-likeness (QED) is 0.808. The van der Waals surface area contributed by atoms with E-state index in [1.807, 2.05) is 0 Å². The first kappa shape index (κ1) is 19.1. The molecule has 2 aromatic rings. The van der Waals surface area contributed by atoms with Gasteiger partial charge in [-0.05, 0) is 49.2 Å². The van der Waals surface area contributed by atoms with Crippen LogP contribution in [0.25, 0.3) is 0 Å². The molecule has 1 saturated heterocycles. The predicted octanol–water partition coefficient (Wildman–Crippen LogP) is 3.06. The molecule has 1 aliphatic heterocycles. The number of nitrogens with zero attached hydrogens (tertiary/aromatic N) is 1. The van der Waals surface area contributed by atoms with Crippen molar-refractivity contribution in [2.24, 2.45) is 0 Å². The van der Waals surface area contributed by atoms with Crippen molar-refractivity contribution in [1.29, 1.82) is 0 Å². The van der Waals surface area contributed by atoms with Gasteiger partial charge in [0, 0.05) is 13.1 Å². The van der Waals surface area contributed by atoms with Crippen LogP contribution in [0.3, 0.4) is 0 Å². The van der Waals surface area contributed by atoms with Gasteiger partial charge in [-0.3, -0.25) is 4.72 Å². The number of hydrogen-bond acceptors (Lipinski definition) is 4. The summed E-state index contributed by atoms with van der Waals surface area (Å²) in [4.78, 5) is -0.345. The first-order valence-corrected chi connectivity index (χ1v) is 11.1. The molecule has 10 heteroatoms. The third kappa shape index (κ3) is 3.85. The standard InChI is InChI=1S/C16H16ClFN2O4S2/c17-15-7-6-14(26(23,24)20-8-1-2-9-20)11-16(15)19-25(21,22)13-5-3-4-12(18)10-13/h3-7,10-11,19H,1-2,8-9H2. The van der Waals surface area contributed by atoms with Crippen molar-refractivity contribution in [3.8, 4) is 0 Å². The summed E-state index contributed by atoms with van der Waals surface area (Å²) in [6.07, 6.45) is 1.57. The van der Waals surface area contributed by atoms with Gasteiger partial charge < -0.3 is 0 Å². The highest BCUT2D eigenvalue weighted by Crippen LogP contribution is 2.30. The van der Waals surface area contributed by atoms with E-state index >= 15 is 0 Å². The van der Waals surface area contributed by atoms with Crippen LogP contribution in [-0.4, -0.2) is 34.2 Å². The van der Waals surface area contributed by atoms with E-state index in [9.17, 15) is 21.2 Å². The molecule has 0 radical (unpaired) electrons. The van der Waals surface area contributed by atoms with Crippen LogP contribution in [0.1, 0.15) is 12.8 Å². The van der Waals surface area contributed by atoms with Crippen LogP contribution in [0.4, 0.5) is 10.1 Å². The van der Waals surface area contributed by atoms with E-state index < -0.39 is 25.9 Å². The van der Waals surface area contributed by atoms with Gasteiger partial charge in [-0.2, -0.15) is 4.31 Å². The van der Waals surface area contributed by atoms with Crippen molar-refractivity contribution in [1.82, 2.24) is 4.31 Å². The van der Waals surface area contributed by atoms with Gasteiger partial charge >= 0.3 is 0 Å². The zero-order valence-electron chi connectivity index (χ0n) is 13.5. The van der Waals surface area contributed by atoms with Gasteiger partial charge in [0.05, 0.1) is 20.5 Å².